The van der Waals surface area contributed by atoms with Crippen LogP contribution in [-0.4, -0.2) is 38.9 Å². The first-order valence-corrected chi connectivity index (χ1v) is 11.1. The van der Waals surface area contributed by atoms with E-state index in [1.807, 2.05) is 26.0 Å². The smallest absolute Gasteiger partial charge is 0.277 e. The van der Waals surface area contributed by atoms with Crippen LogP contribution in [0.15, 0.2) is 35.1 Å². The number of amides is 1. The highest BCUT2D eigenvalue weighted by atomic mass is 32.1. The second-order valence-corrected chi connectivity index (χ2v) is 8.87. The molecule has 1 N–H and O–H groups in total. The normalized spacial score (nSPS) is 14.2. The largest absolute Gasteiger partial charge is 0.444 e. The molecule has 1 aliphatic rings. The number of oxazole rings is 1. The summed E-state index contributed by atoms with van der Waals surface area (Å²) in [5.41, 5.74) is 3.25. The summed E-state index contributed by atoms with van der Waals surface area (Å²) in [4.78, 5) is 33.1. The molecular weight excluding hydrogens is 412 g/mol. The van der Waals surface area contributed by atoms with E-state index in [-0.39, 0.29) is 11.6 Å². The number of piperidine rings is 1. The third-order valence-electron chi connectivity index (χ3n) is 5.25. The van der Waals surface area contributed by atoms with E-state index in [2.05, 4.69) is 25.2 Å². The predicted molar refractivity (Wildman–Crippen MR) is 121 cm³/mol. The Morgan fingerprint density at radius 2 is 1.97 bits per heavy atom. The van der Waals surface area contributed by atoms with Crippen LogP contribution in [0.2, 0.25) is 0 Å². The van der Waals surface area contributed by atoms with Crippen molar-refractivity contribution in [1.29, 1.82) is 0 Å². The lowest BCUT2D eigenvalue weighted by Crippen LogP contribution is -2.31. The number of nitrogens with one attached hydrogen (secondary N) is 1. The van der Waals surface area contributed by atoms with Crippen molar-refractivity contribution in [2.45, 2.75) is 33.1 Å². The molecule has 5 rings (SSSR count). The average Bonchev–Trinajstić information content (AvgIpc) is 3.40. The van der Waals surface area contributed by atoms with Gasteiger partial charge in [0.05, 0.1) is 15.4 Å². The number of nitrogens with zero attached hydrogens (tertiary/aromatic N) is 5. The van der Waals surface area contributed by atoms with Gasteiger partial charge in [0.2, 0.25) is 5.89 Å². The summed E-state index contributed by atoms with van der Waals surface area (Å²) in [5.74, 6) is 0.819. The number of rotatable bonds is 4. The van der Waals surface area contributed by atoms with Crippen LogP contribution in [-0.2, 0) is 0 Å². The molecular formula is C22H22N6O2S. The first-order valence-electron chi connectivity index (χ1n) is 10.3. The van der Waals surface area contributed by atoms with Crippen molar-refractivity contribution in [2.24, 2.45) is 0 Å². The maximum absolute atomic E-state index is 13.0. The summed E-state index contributed by atoms with van der Waals surface area (Å²) >= 11 is 1.56. The number of thiazole rings is 1. The average molecular weight is 435 g/mol. The van der Waals surface area contributed by atoms with Gasteiger partial charge in [0.1, 0.15) is 6.26 Å². The molecule has 1 aliphatic heterocycles. The van der Waals surface area contributed by atoms with Crippen LogP contribution in [0.5, 0.6) is 0 Å². The van der Waals surface area contributed by atoms with Gasteiger partial charge in [0.15, 0.2) is 17.2 Å². The van der Waals surface area contributed by atoms with Crippen LogP contribution < -0.4 is 10.2 Å². The van der Waals surface area contributed by atoms with E-state index < -0.39 is 0 Å². The molecule has 1 saturated heterocycles. The van der Waals surface area contributed by atoms with E-state index in [1.54, 1.807) is 23.6 Å². The summed E-state index contributed by atoms with van der Waals surface area (Å²) in [7, 11) is 0. The molecule has 0 bridgehead atoms. The molecule has 0 aromatic carbocycles. The second-order valence-electron chi connectivity index (χ2n) is 7.64. The van der Waals surface area contributed by atoms with Gasteiger partial charge in [-0.1, -0.05) is 0 Å². The number of carbonyl (C=O) groups is 1. The number of hydrogen-bond donors (Lipinski definition) is 1. The van der Waals surface area contributed by atoms with E-state index in [4.69, 9.17) is 9.40 Å². The van der Waals surface area contributed by atoms with Gasteiger partial charge in [-0.2, -0.15) is 0 Å². The molecule has 5 heterocycles. The molecule has 31 heavy (non-hydrogen) atoms. The quantitative estimate of drug-likeness (QED) is 0.501. The first kappa shape index (κ1) is 19.6. The monoisotopic (exact) mass is 434 g/mol. The standard InChI is InChI=1S/C22H22N6O2S/c1-13-10-15(6-7-23-13)22-26-17(12-30-22)21(29)25-16-11-18-19(24-14(2)31-18)27-20(16)28-8-4-3-5-9-28/h6-7,10-12H,3-5,8-9H2,1-2H3,(H,25,29). The molecule has 1 amide bonds. The van der Waals surface area contributed by atoms with Gasteiger partial charge < -0.3 is 14.6 Å². The van der Waals surface area contributed by atoms with Crippen molar-refractivity contribution in [1.82, 2.24) is 19.9 Å². The van der Waals surface area contributed by atoms with Crippen LogP contribution in [0.1, 0.15) is 40.5 Å². The van der Waals surface area contributed by atoms with Crippen molar-refractivity contribution in [3.63, 3.8) is 0 Å². The lowest BCUT2D eigenvalue weighted by molar-refractivity contribution is 0.102. The van der Waals surface area contributed by atoms with E-state index in [0.29, 0.717) is 11.6 Å². The first-order chi connectivity index (χ1) is 15.1. The second kappa shape index (κ2) is 8.07. The van der Waals surface area contributed by atoms with Crippen LogP contribution in [0.3, 0.4) is 0 Å². The highest BCUT2D eigenvalue weighted by molar-refractivity contribution is 7.18. The number of pyridine rings is 2. The Labute approximate surface area is 183 Å². The van der Waals surface area contributed by atoms with E-state index in [0.717, 1.165) is 58.4 Å². The highest BCUT2D eigenvalue weighted by Crippen LogP contribution is 2.33. The van der Waals surface area contributed by atoms with Gasteiger partial charge >= 0.3 is 0 Å². The number of aromatic nitrogens is 4. The molecule has 4 aromatic heterocycles. The fourth-order valence-electron chi connectivity index (χ4n) is 3.78. The number of anilines is 2. The third kappa shape index (κ3) is 4.00. The molecule has 0 radical (unpaired) electrons. The Morgan fingerprint density at radius 1 is 1.13 bits per heavy atom. The number of hydrogen-bond acceptors (Lipinski definition) is 8. The summed E-state index contributed by atoms with van der Waals surface area (Å²) in [5, 5.41) is 3.95. The fraction of sp³-hybridized carbons (Fsp3) is 0.318. The third-order valence-corrected chi connectivity index (χ3v) is 6.16. The lowest BCUT2D eigenvalue weighted by Gasteiger charge is -2.29. The molecule has 0 saturated carbocycles. The fourth-order valence-corrected chi connectivity index (χ4v) is 4.59. The zero-order chi connectivity index (χ0) is 21.4. The molecule has 8 nitrogen and oxygen atoms in total. The number of aryl methyl sites for hydroxylation is 2. The van der Waals surface area contributed by atoms with Crippen LogP contribution in [0.25, 0.3) is 21.8 Å². The Bertz CT molecular complexity index is 1260. The molecule has 9 heteroatoms. The van der Waals surface area contributed by atoms with Gasteiger partial charge in [0, 0.05) is 30.5 Å². The minimum atomic E-state index is -0.332. The number of carbonyl (C=O) groups excluding carboxylic acids is 1. The topological polar surface area (TPSA) is 97.0 Å². The summed E-state index contributed by atoms with van der Waals surface area (Å²) < 4.78 is 6.50. The summed E-state index contributed by atoms with van der Waals surface area (Å²) in [6.07, 6.45) is 6.51. The predicted octanol–water partition coefficient (Wildman–Crippen LogP) is 4.60. The number of fused-ring (bicyclic) bond motifs is 1. The molecule has 4 aromatic rings. The van der Waals surface area contributed by atoms with E-state index in [1.165, 1.54) is 12.7 Å². The Balaban J connectivity index is 1.46. The molecule has 1 fully saturated rings. The van der Waals surface area contributed by atoms with Crippen LogP contribution in [0, 0.1) is 13.8 Å². The molecule has 0 aliphatic carbocycles. The summed E-state index contributed by atoms with van der Waals surface area (Å²) in [6.45, 7) is 5.69. The maximum atomic E-state index is 13.0. The van der Waals surface area contributed by atoms with Crippen molar-refractivity contribution in [3.05, 3.63) is 47.1 Å². The Morgan fingerprint density at radius 3 is 2.77 bits per heavy atom. The Hall–Kier alpha value is -3.33. The summed E-state index contributed by atoms with van der Waals surface area (Å²) in [6, 6.07) is 5.63. The minimum absolute atomic E-state index is 0.217. The Kier molecular flexibility index (Phi) is 5.11. The van der Waals surface area contributed by atoms with Gasteiger partial charge in [0.25, 0.3) is 5.91 Å². The van der Waals surface area contributed by atoms with Gasteiger partial charge in [-0.05, 0) is 51.3 Å². The maximum Gasteiger partial charge on any atom is 0.277 e. The highest BCUT2D eigenvalue weighted by Gasteiger charge is 2.21. The van der Waals surface area contributed by atoms with E-state index >= 15 is 0 Å². The molecule has 0 spiro atoms. The molecule has 0 unspecified atom stereocenters. The van der Waals surface area contributed by atoms with Gasteiger partial charge in [-0.15, -0.1) is 11.3 Å². The van der Waals surface area contributed by atoms with Crippen molar-refractivity contribution >= 4 is 39.1 Å². The van der Waals surface area contributed by atoms with Crippen molar-refractivity contribution in [2.75, 3.05) is 23.3 Å². The molecule has 158 valence electrons. The van der Waals surface area contributed by atoms with Crippen LogP contribution in [0.4, 0.5) is 11.5 Å². The van der Waals surface area contributed by atoms with E-state index in [9.17, 15) is 4.79 Å². The van der Waals surface area contributed by atoms with Gasteiger partial charge in [-0.3, -0.25) is 9.78 Å². The zero-order valence-electron chi connectivity index (χ0n) is 17.4. The molecule has 0 atom stereocenters. The SMILES string of the molecule is Cc1cc(-c2nc(C(=O)Nc3cc4sc(C)nc4nc3N3CCCCC3)co2)ccn1. The zero-order valence-corrected chi connectivity index (χ0v) is 18.2. The lowest BCUT2D eigenvalue weighted by atomic mass is 10.1. The van der Waals surface area contributed by atoms with Crippen molar-refractivity contribution < 1.29 is 9.21 Å². The van der Waals surface area contributed by atoms with Gasteiger partial charge in [-0.25, -0.2) is 15.0 Å². The van der Waals surface area contributed by atoms with Crippen LogP contribution >= 0.6 is 11.3 Å². The van der Waals surface area contributed by atoms with Crippen molar-refractivity contribution in [3.8, 4) is 11.5 Å². The minimum Gasteiger partial charge on any atom is -0.444 e.